The highest BCUT2D eigenvalue weighted by Crippen LogP contribution is 2.52. The molecule has 1 aliphatic heterocycles. The van der Waals surface area contributed by atoms with Crippen LogP contribution in [0.15, 0.2) is 116 Å². The van der Waals surface area contributed by atoms with Gasteiger partial charge >= 0.3 is 0 Å². The van der Waals surface area contributed by atoms with Crippen molar-refractivity contribution in [3.63, 3.8) is 0 Å². The molecule has 4 aromatic carbocycles. The second-order valence-corrected chi connectivity index (χ2v) is 12.5. The van der Waals surface area contributed by atoms with Crippen LogP contribution in [-0.2, 0) is 10.8 Å². The SMILES string of the molecule is CC(C)(C)c1ccc2c(c1)C(C)(C)c1ccccc1N2c1ccc(-c2nc3ccncc3n2-c2ccccc2)cc1. The number of aromatic nitrogens is 3. The van der Waals surface area contributed by atoms with Crippen molar-refractivity contribution in [2.75, 3.05) is 4.90 Å². The molecule has 3 heterocycles. The number of hydrogen-bond donors (Lipinski definition) is 0. The lowest BCUT2D eigenvalue weighted by molar-refractivity contribution is 0.580. The normalized spacial score (nSPS) is 14.1. The number of fused-ring (bicyclic) bond motifs is 3. The molecule has 0 spiro atoms. The summed E-state index contributed by atoms with van der Waals surface area (Å²) in [6.45, 7) is 11.6. The molecule has 0 saturated heterocycles. The number of anilines is 3. The van der Waals surface area contributed by atoms with Crippen molar-refractivity contribution in [2.45, 2.75) is 45.4 Å². The summed E-state index contributed by atoms with van der Waals surface area (Å²) in [5.41, 5.74) is 11.6. The molecular weight excluding hydrogens is 500 g/mol. The van der Waals surface area contributed by atoms with Crippen molar-refractivity contribution >= 4 is 28.1 Å². The molecule has 41 heavy (non-hydrogen) atoms. The highest BCUT2D eigenvalue weighted by atomic mass is 15.2. The van der Waals surface area contributed by atoms with Crippen LogP contribution in [0.2, 0.25) is 0 Å². The zero-order chi connectivity index (χ0) is 28.4. The van der Waals surface area contributed by atoms with Crippen LogP contribution in [0.3, 0.4) is 0 Å². The van der Waals surface area contributed by atoms with E-state index < -0.39 is 0 Å². The summed E-state index contributed by atoms with van der Waals surface area (Å²) < 4.78 is 2.19. The fourth-order valence-electron chi connectivity index (χ4n) is 6.16. The van der Waals surface area contributed by atoms with Crippen LogP contribution in [0.1, 0.15) is 51.3 Å². The molecule has 0 N–H and O–H groups in total. The zero-order valence-corrected chi connectivity index (χ0v) is 24.3. The minimum atomic E-state index is -0.113. The summed E-state index contributed by atoms with van der Waals surface area (Å²) in [7, 11) is 0. The second-order valence-electron chi connectivity index (χ2n) is 12.5. The number of rotatable bonds is 3. The Balaban J connectivity index is 1.38. The average molecular weight is 535 g/mol. The van der Waals surface area contributed by atoms with E-state index in [0.717, 1.165) is 33.8 Å². The maximum Gasteiger partial charge on any atom is 0.145 e. The summed E-state index contributed by atoms with van der Waals surface area (Å²) in [6, 6.07) is 37.0. The Bertz CT molecular complexity index is 1890. The number of pyridine rings is 1. The summed E-state index contributed by atoms with van der Waals surface area (Å²) in [5.74, 6) is 0.904. The minimum absolute atomic E-state index is 0.0777. The summed E-state index contributed by atoms with van der Waals surface area (Å²) in [5, 5.41) is 0. The fraction of sp³-hybridized carbons (Fsp3) is 0.189. The van der Waals surface area contributed by atoms with E-state index in [2.05, 4.69) is 140 Å². The first-order valence-corrected chi connectivity index (χ1v) is 14.3. The third kappa shape index (κ3) is 4.05. The van der Waals surface area contributed by atoms with Gasteiger partial charge in [0.25, 0.3) is 0 Å². The van der Waals surface area contributed by atoms with Crippen LogP contribution in [-0.4, -0.2) is 14.5 Å². The van der Waals surface area contributed by atoms with Gasteiger partial charge in [-0.1, -0.05) is 83.1 Å². The molecule has 0 bridgehead atoms. The molecule has 0 fully saturated rings. The number of para-hydroxylation sites is 2. The molecule has 0 unspecified atom stereocenters. The molecule has 2 aromatic heterocycles. The van der Waals surface area contributed by atoms with Gasteiger partial charge in [0.1, 0.15) is 5.82 Å². The molecule has 0 saturated carbocycles. The Morgan fingerprint density at radius 3 is 2.15 bits per heavy atom. The largest absolute Gasteiger partial charge is 0.310 e. The predicted octanol–water partition coefficient (Wildman–Crippen LogP) is 9.49. The average Bonchev–Trinajstić information content (AvgIpc) is 3.37. The Hall–Kier alpha value is -4.70. The van der Waals surface area contributed by atoms with Gasteiger partial charge < -0.3 is 4.90 Å². The standard InChI is InChI=1S/C37H34N4/c1-36(2,3)26-17-20-33-30(23-26)37(4,5)29-13-9-10-14-32(29)40(33)28-18-15-25(16-19-28)35-39-31-21-22-38-24-34(31)41(35)27-11-7-6-8-12-27/h6-24H,1-5H3. The smallest absolute Gasteiger partial charge is 0.145 e. The molecule has 202 valence electrons. The maximum atomic E-state index is 5.03. The van der Waals surface area contributed by atoms with Crippen molar-refractivity contribution in [3.05, 3.63) is 132 Å². The first kappa shape index (κ1) is 25.3. The van der Waals surface area contributed by atoms with Crippen molar-refractivity contribution in [2.24, 2.45) is 0 Å². The zero-order valence-electron chi connectivity index (χ0n) is 24.3. The van der Waals surface area contributed by atoms with E-state index in [1.54, 1.807) is 6.20 Å². The van der Waals surface area contributed by atoms with Crippen molar-refractivity contribution < 1.29 is 0 Å². The Morgan fingerprint density at radius 1 is 0.683 bits per heavy atom. The van der Waals surface area contributed by atoms with Gasteiger partial charge in [-0.3, -0.25) is 9.55 Å². The molecule has 7 rings (SSSR count). The van der Waals surface area contributed by atoms with Gasteiger partial charge in [0.05, 0.1) is 28.6 Å². The van der Waals surface area contributed by atoms with Gasteiger partial charge in [-0.15, -0.1) is 0 Å². The summed E-state index contributed by atoms with van der Waals surface area (Å²) in [6.07, 6.45) is 3.69. The number of nitrogens with zero attached hydrogens (tertiary/aromatic N) is 4. The maximum absolute atomic E-state index is 5.03. The van der Waals surface area contributed by atoms with Crippen LogP contribution >= 0.6 is 0 Å². The van der Waals surface area contributed by atoms with E-state index in [4.69, 9.17) is 4.98 Å². The van der Waals surface area contributed by atoms with Crippen molar-refractivity contribution in [3.8, 4) is 17.1 Å². The predicted molar refractivity (Wildman–Crippen MR) is 170 cm³/mol. The van der Waals surface area contributed by atoms with E-state index in [0.29, 0.717) is 0 Å². The van der Waals surface area contributed by atoms with Gasteiger partial charge in [-0.2, -0.15) is 0 Å². The fourth-order valence-corrected chi connectivity index (χ4v) is 6.16. The molecule has 4 nitrogen and oxygen atoms in total. The topological polar surface area (TPSA) is 34.0 Å². The summed E-state index contributed by atoms with van der Waals surface area (Å²) >= 11 is 0. The first-order valence-electron chi connectivity index (χ1n) is 14.3. The Morgan fingerprint density at radius 2 is 1.39 bits per heavy atom. The van der Waals surface area contributed by atoms with Gasteiger partial charge in [-0.05, 0) is 76.7 Å². The van der Waals surface area contributed by atoms with E-state index in [1.165, 1.54) is 28.1 Å². The molecular formula is C37H34N4. The van der Waals surface area contributed by atoms with E-state index >= 15 is 0 Å². The van der Waals surface area contributed by atoms with Crippen molar-refractivity contribution in [1.29, 1.82) is 0 Å². The third-order valence-corrected chi connectivity index (χ3v) is 8.45. The van der Waals surface area contributed by atoms with Gasteiger partial charge in [0.2, 0.25) is 0 Å². The molecule has 1 aliphatic rings. The molecule has 6 aromatic rings. The lowest BCUT2D eigenvalue weighted by atomic mass is 9.71. The van der Waals surface area contributed by atoms with Crippen LogP contribution in [0.5, 0.6) is 0 Å². The van der Waals surface area contributed by atoms with Crippen molar-refractivity contribution in [1.82, 2.24) is 14.5 Å². The van der Waals surface area contributed by atoms with Crippen LogP contribution in [0, 0.1) is 0 Å². The Labute approximate surface area is 242 Å². The first-order chi connectivity index (χ1) is 19.7. The molecule has 4 heteroatoms. The second kappa shape index (κ2) is 9.17. The molecule has 0 atom stereocenters. The summed E-state index contributed by atoms with van der Waals surface area (Å²) in [4.78, 5) is 11.8. The highest BCUT2D eigenvalue weighted by molar-refractivity contribution is 5.87. The number of hydrogen-bond acceptors (Lipinski definition) is 3. The van der Waals surface area contributed by atoms with Gasteiger partial charge in [-0.25, -0.2) is 4.98 Å². The quantitative estimate of drug-likeness (QED) is 0.227. The molecule has 0 amide bonds. The minimum Gasteiger partial charge on any atom is -0.310 e. The van der Waals surface area contributed by atoms with E-state index in [1.807, 2.05) is 18.3 Å². The van der Waals surface area contributed by atoms with Crippen LogP contribution in [0.4, 0.5) is 17.1 Å². The lowest BCUT2D eigenvalue weighted by Gasteiger charge is -2.42. The molecule has 0 aliphatic carbocycles. The number of imidazole rings is 1. The van der Waals surface area contributed by atoms with Gasteiger partial charge in [0, 0.05) is 28.6 Å². The Kier molecular flexibility index (Phi) is 5.65. The van der Waals surface area contributed by atoms with Crippen LogP contribution < -0.4 is 4.90 Å². The molecule has 0 radical (unpaired) electrons. The highest BCUT2D eigenvalue weighted by Gasteiger charge is 2.37. The van der Waals surface area contributed by atoms with Crippen LogP contribution in [0.25, 0.3) is 28.1 Å². The van der Waals surface area contributed by atoms with E-state index in [9.17, 15) is 0 Å². The monoisotopic (exact) mass is 534 g/mol. The van der Waals surface area contributed by atoms with Gasteiger partial charge in [0.15, 0.2) is 0 Å². The third-order valence-electron chi connectivity index (χ3n) is 8.45. The van der Waals surface area contributed by atoms with E-state index in [-0.39, 0.29) is 10.8 Å². The lowest BCUT2D eigenvalue weighted by Crippen LogP contribution is -2.31. The number of benzene rings is 4.